The average molecular weight is 539 g/mol. The van der Waals surface area contributed by atoms with Crippen LogP contribution in [0.25, 0.3) is 0 Å². The van der Waals surface area contributed by atoms with Gasteiger partial charge in [-0.3, -0.25) is 0 Å². The summed E-state index contributed by atoms with van der Waals surface area (Å²) in [5.41, 5.74) is 0.320. The minimum atomic E-state index is -2.88. The number of nitrogens with one attached hydrogen (secondary N) is 2. The second kappa shape index (κ2) is 12.0. The molecule has 0 saturated heterocycles. The normalized spacial score (nSPS) is 13.0. The largest absolute Gasteiger partial charge is 0.435 e. The fourth-order valence-electron chi connectivity index (χ4n) is 2.30. The third-order valence-corrected chi connectivity index (χ3v) is 3.79. The quantitative estimate of drug-likeness (QED) is 0.269. The lowest BCUT2D eigenvalue weighted by molar-refractivity contribution is -0.0498. The molecule has 3 N–H and O–H groups in total. The SMILES string of the molecule is CCNC(=NCc1noc(C(C)(C)C)n1)NCC(O)c1ccc(OC(F)F)cc1.I. The van der Waals surface area contributed by atoms with Gasteiger partial charge < -0.3 is 25.0 Å². The van der Waals surface area contributed by atoms with Gasteiger partial charge in [0.05, 0.1) is 6.10 Å². The van der Waals surface area contributed by atoms with Crippen molar-refractivity contribution in [2.24, 2.45) is 4.99 Å². The first-order valence-corrected chi connectivity index (χ1v) is 9.27. The number of hydrogen-bond donors (Lipinski definition) is 3. The zero-order valence-electron chi connectivity index (χ0n) is 17.4. The number of aliphatic hydroxyl groups excluding tert-OH is 1. The number of rotatable bonds is 8. The topological polar surface area (TPSA) is 105 Å². The Kier molecular flexibility index (Phi) is 10.4. The van der Waals surface area contributed by atoms with Crippen LogP contribution in [0.3, 0.4) is 0 Å². The molecule has 0 saturated carbocycles. The van der Waals surface area contributed by atoms with Crippen molar-refractivity contribution < 1.29 is 23.1 Å². The average Bonchev–Trinajstić information content (AvgIpc) is 3.13. The maximum atomic E-state index is 12.2. The van der Waals surface area contributed by atoms with Gasteiger partial charge in [0.25, 0.3) is 0 Å². The van der Waals surface area contributed by atoms with Crippen LogP contribution in [0.2, 0.25) is 0 Å². The summed E-state index contributed by atoms with van der Waals surface area (Å²) in [4.78, 5) is 8.72. The van der Waals surface area contributed by atoms with Gasteiger partial charge in [0.1, 0.15) is 12.3 Å². The number of aliphatic imine (C=N–C) groups is 1. The molecule has 1 aromatic heterocycles. The van der Waals surface area contributed by atoms with E-state index in [1.54, 1.807) is 0 Å². The number of benzene rings is 1. The second-order valence-corrected chi connectivity index (χ2v) is 7.31. The fourth-order valence-corrected chi connectivity index (χ4v) is 2.30. The van der Waals surface area contributed by atoms with Crippen LogP contribution in [0.5, 0.6) is 5.75 Å². The second-order valence-electron chi connectivity index (χ2n) is 7.31. The van der Waals surface area contributed by atoms with Crippen molar-refractivity contribution in [3.8, 4) is 5.75 Å². The van der Waals surface area contributed by atoms with Crippen molar-refractivity contribution in [3.63, 3.8) is 0 Å². The van der Waals surface area contributed by atoms with Crippen LogP contribution < -0.4 is 15.4 Å². The Morgan fingerprint density at radius 3 is 2.43 bits per heavy atom. The highest BCUT2D eigenvalue weighted by Gasteiger charge is 2.21. The van der Waals surface area contributed by atoms with Gasteiger partial charge in [-0.15, -0.1) is 24.0 Å². The molecule has 1 unspecified atom stereocenters. The number of aliphatic hydroxyl groups is 1. The molecular weight excluding hydrogens is 511 g/mol. The molecule has 168 valence electrons. The number of halogens is 3. The number of ether oxygens (including phenoxy) is 1. The van der Waals surface area contributed by atoms with E-state index in [2.05, 4.69) is 30.5 Å². The predicted octanol–water partition coefficient (Wildman–Crippen LogP) is 3.38. The summed E-state index contributed by atoms with van der Waals surface area (Å²) in [7, 11) is 0. The van der Waals surface area contributed by atoms with E-state index in [1.165, 1.54) is 24.3 Å². The summed E-state index contributed by atoms with van der Waals surface area (Å²) in [6, 6.07) is 5.82. The standard InChI is InChI=1S/C19H27F2N5O3.HI/c1-5-22-18(24-11-15-25-16(29-26-15)19(2,3)4)23-10-14(27)12-6-8-13(9-7-12)28-17(20)21;/h6-9,14,17,27H,5,10-11H2,1-4H3,(H2,22,23,24);1H. The van der Waals surface area contributed by atoms with E-state index in [1.807, 2.05) is 27.7 Å². The van der Waals surface area contributed by atoms with Crippen LogP contribution in [-0.2, 0) is 12.0 Å². The lowest BCUT2D eigenvalue weighted by Crippen LogP contribution is -2.39. The first kappa shape index (κ1) is 26.0. The van der Waals surface area contributed by atoms with Gasteiger partial charge in [0, 0.05) is 18.5 Å². The molecule has 2 aromatic rings. The van der Waals surface area contributed by atoms with E-state index in [9.17, 15) is 13.9 Å². The predicted molar refractivity (Wildman–Crippen MR) is 119 cm³/mol. The van der Waals surface area contributed by atoms with Crippen molar-refractivity contribution in [1.29, 1.82) is 0 Å². The number of hydrogen-bond acceptors (Lipinski definition) is 6. The molecule has 0 spiro atoms. The maximum Gasteiger partial charge on any atom is 0.387 e. The molecule has 30 heavy (non-hydrogen) atoms. The van der Waals surface area contributed by atoms with Crippen molar-refractivity contribution in [2.45, 2.75) is 52.4 Å². The van der Waals surface area contributed by atoms with Gasteiger partial charge in [-0.1, -0.05) is 38.1 Å². The number of alkyl halides is 2. The van der Waals surface area contributed by atoms with Crippen LogP contribution >= 0.6 is 24.0 Å². The zero-order valence-corrected chi connectivity index (χ0v) is 19.7. The molecule has 1 heterocycles. The summed E-state index contributed by atoms with van der Waals surface area (Å²) in [5, 5.41) is 20.3. The highest BCUT2D eigenvalue weighted by Crippen LogP contribution is 2.20. The fraction of sp³-hybridized carbons (Fsp3) is 0.526. The lowest BCUT2D eigenvalue weighted by atomic mass is 9.97. The molecule has 8 nitrogen and oxygen atoms in total. The first-order chi connectivity index (χ1) is 13.7. The van der Waals surface area contributed by atoms with Gasteiger partial charge >= 0.3 is 6.61 Å². The van der Waals surface area contributed by atoms with Gasteiger partial charge in [0.2, 0.25) is 5.89 Å². The van der Waals surface area contributed by atoms with E-state index >= 15 is 0 Å². The molecule has 0 fully saturated rings. The van der Waals surface area contributed by atoms with E-state index < -0.39 is 12.7 Å². The Labute approximate surface area is 191 Å². The Morgan fingerprint density at radius 2 is 1.90 bits per heavy atom. The van der Waals surface area contributed by atoms with Crippen molar-refractivity contribution in [3.05, 3.63) is 41.5 Å². The van der Waals surface area contributed by atoms with Crippen LogP contribution in [-0.4, -0.2) is 40.9 Å². The Hall–Kier alpha value is -2.02. The van der Waals surface area contributed by atoms with E-state index in [4.69, 9.17) is 4.52 Å². The molecule has 0 aliphatic heterocycles. The number of aromatic nitrogens is 2. The van der Waals surface area contributed by atoms with Crippen LogP contribution in [0, 0.1) is 0 Å². The highest BCUT2D eigenvalue weighted by atomic mass is 127. The van der Waals surface area contributed by atoms with Crippen molar-refractivity contribution >= 4 is 29.9 Å². The molecule has 2 rings (SSSR count). The van der Waals surface area contributed by atoms with Crippen molar-refractivity contribution in [2.75, 3.05) is 13.1 Å². The number of nitrogens with zero attached hydrogens (tertiary/aromatic N) is 3. The molecule has 1 aromatic carbocycles. The minimum Gasteiger partial charge on any atom is -0.435 e. The van der Waals surface area contributed by atoms with Crippen LogP contribution in [0.4, 0.5) is 8.78 Å². The summed E-state index contributed by atoms with van der Waals surface area (Å²) in [5.74, 6) is 1.51. The molecule has 1 atom stereocenters. The summed E-state index contributed by atoms with van der Waals surface area (Å²) >= 11 is 0. The van der Waals surface area contributed by atoms with E-state index in [-0.39, 0.29) is 48.2 Å². The van der Waals surface area contributed by atoms with Gasteiger partial charge in [-0.25, -0.2) is 4.99 Å². The summed E-state index contributed by atoms with van der Waals surface area (Å²) in [6.45, 7) is 5.98. The molecule has 11 heteroatoms. The lowest BCUT2D eigenvalue weighted by Gasteiger charge is -2.15. The molecular formula is C19H28F2IN5O3. The minimum absolute atomic E-state index is 0. The summed E-state index contributed by atoms with van der Waals surface area (Å²) < 4.78 is 33.9. The monoisotopic (exact) mass is 539 g/mol. The van der Waals surface area contributed by atoms with Crippen LogP contribution in [0.1, 0.15) is 51.1 Å². The molecule has 0 aliphatic carbocycles. The smallest absolute Gasteiger partial charge is 0.387 e. The van der Waals surface area contributed by atoms with Gasteiger partial charge in [0.15, 0.2) is 11.8 Å². The van der Waals surface area contributed by atoms with E-state index in [0.717, 1.165) is 0 Å². The highest BCUT2D eigenvalue weighted by molar-refractivity contribution is 14.0. The number of guanidine groups is 1. The zero-order chi connectivity index (χ0) is 21.4. The Morgan fingerprint density at radius 1 is 1.23 bits per heavy atom. The van der Waals surface area contributed by atoms with Crippen molar-refractivity contribution in [1.82, 2.24) is 20.8 Å². The molecule has 0 aliphatic rings. The molecule has 0 amide bonds. The van der Waals surface area contributed by atoms with Crippen LogP contribution in [0.15, 0.2) is 33.8 Å². The Bertz CT molecular complexity index is 794. The van der Waals surface area contributed by atoms with Gasteiger partial charge in [-0.05, 0) is 24.6 Å². The molecule has 0 radical (unpaired) electrons. The third kappa shape index (κ3) is 8.38. The first-order valence-electron chi connectivity index (χ1n) is 9.27. The summed E-state index contributed by atoms with van der Waals surface area (Å²) in [6.07, 6.45) is -0.864. The molecule has 0 bridgehead atoms. The van der Waals surface area contributed by atoms with Gasteiger partial charge in [-0.2, -0.15) is 13.8 Å². The Balaban J connectivity index is 0.00000450. The third-order valence-electron chi connectivity index (χ3n) is 3.79. The maximum absolute atomic E-state index is 12.2. The van der Waals surface area contributed by atoms with E-state index in [0.29, 0.717) is 29.8 Å².